The number of fused-ring (bicyclic) bond motifs is 1. The van der Waals surface area contributed by atoms with Gasteiger partial charge in [-0.3, -0.25) is 4.79 Å². The Morgan fingerprint density at radius 2 is 1.84 bits per heavy atom. The molecule has 0 spiro atoms. The molecule has 0 saturated carbocycles. The number of nitrogens with one attached hydrogen (secondary N) is 1. The van der Waals surface area contributed by atoms with E-state index in [2.05, 4.69) is 5.32 Å². The third-order valence-corrected chi connectivity index (χ3v) is 4.51. The quantitative estimate of drug-likeness (QED) is 0.677. The highest BCUT2D eigenvalue weighted by atomic mass is 35.5. The average molecular weight is 375 g/mol. The first kappa shape index (κ1) is 17.4. The fourth-order valence-electron chi connectivity index (χ4n) is 2.92. The van der Waals surface area contributed by atoms with E-state index in [4.69, 9.17) is 28.5 Å². The molecule has 0 bridgehead atoms. The molecule has 5 nitrogen and oxygen atoms in total. The largest absolute Gasteiger partial charge is 0.372 e. The smallest absolute Gasteiger partial charge is 0.251 e. The Morgan fingerprint density at radius 3 is 2.44 bits per heavy atom. The predicted molar refractivity (Wildman–Crippen MR) is 102 cm³/mol. The van der Waals surface area contributed by atoms with Crippen molar-refractivity contribution in [3.63, 3.8) is 0 Å². The summed E-state index contributed by atoms with van der Waals surface area (Å²) in [6.07, 6.45) is 1.85. The van der Waals surface area contributed by atoms with Gasteiger partial charge in [-0.25, -0.2) is 0 Å². The van der Waals surface area contributed by atoms with Crippen molar-refractivity contribution in [1.82, 2.24) is 9.13 Å². The highest BCUT2D eigenvalue weighted by Crippen LogP contribution is 2.34. The van der Waals surface area contributed by atoms with Crippen molar-refractivity contribution in [3.8, 4) is 11.8 Å². The van der Waals surface area contributed by atoms with Crippen LogP contribution in [0.2, 0.25) is 10.0 Å². The van der Waals surface area contributed by atoms with Crippen molar-refractivity contribution in [3.05, 3.63) is 56.9 Å². The van der Waals surface area contributed by atoms with Gasteiger partial charge < -0.3 is 14.5 Å². The van der Waals surface area contributed by atoms with E-state index in [-0.39, 0.29) is 18.1 Å². The number of nitriles is 1. The molecule has 25 heavy (non-hydrogen) atoms. The Labute approximate surface area is 155 Å². The molecule has 2 aromatic heterocycles. The average Bonchev–Trinajstić information content (AvgIpc) is 2.95. The van der Waals surface area contributed by atoms with E-state index in [9.17, 15) is 4.79 Å². The van der Waals surface area contributed by atoms with E-state index in [1.165, 1.54) is 0 Å². The van der Waals surface area contributed by atoms with Gasteiger partial charge in [-0.2, -0.15) is 5.26 Å². The molecular weight excluding hydrogens is 359 g/mol. The number of halogens is 2. The molecule has 0 saturated heterocycles. The van der Waals surface area contributed by atoms with Gasteiger partial charge in [-0.1, -0.05) is 23.2 Å². The molecule has 0 amide bonds. The Morgan fingerprint density at radius 1 is 1.16 bits per heavy atom. The van der Waals surface area contributed by atoms with Crippen molar-refractivity contribution in [2.24, 2.45) is 0 Å². The van der Waals surface area contributed by atoms with Crippen LogP contribution in [-0.4, -0.2) is 15.7 Å². The van der Waals surface area contributed by atoms with E-state index in [0.717, 1.165) is 11.0 Å². The third kappa shape index (κ3) is 3.11. The number of anilines is 1. The molecule has 1 N–H and O–H groups in total. The van der Waals surface area contributed by atoms with Gasteiger partial charge in [0.15, 0.2) is 0 Å². The third-order valence-electron chi connectivity index (χ3n) is 3.93. The second kappa shape index (κ2) is 6.83. The monoisotopic (exact) mass is 374 g/mol. The minimum Gasteiger partial charge on any atom is -0.372 e. The molecule has 0 aliphatic heterocycles. The van der Waals surface area contributed by atoms with Crippen molar-refractivity contribution in [2.75, 3.05) is 11.9 Å². The summed E-state index contributed by atoms with van der Waals surface area (Å²) in [5, 5.41) is 12.5. The van der Waals surface area contributed by atoms with Crippen LogP contribution in [0.15, 0.2) is 41.3 Å². The number of hydrogen-bond acceptors (Lipinski definition) is 3. The number of nitrogens with zero attached hydrogens (tertiary/aromatic N) is 3. The van der Waals surface area contributed by atoms with E-state index in [1.54, 1.807) is 28.8 Å². The van der Waals surface area contributed by atoms with Gasteiger partial charge in [0.2, 0.25) is 0 Å². The van der Waals surface area contributed by atoms with E-state index < -0.39 is 0 Å². The van der Waals surface area contributed by atoms with E-state index >= 15 is 0 Å². The molecule has 128 valence electrons. The zero-order chi connectivity index (χ0) is 18.1. The summed E-state index contributed by atoms with van der Waals surface area (Å²) in [5.41, 5.74) is 2.93. The molecule has 0 aliphatic rings. The van der Waals surface area contributed by atoms with Gasteiger partial charge in [0.05, 0.1) is 32.8 Å². The summed E-state index contributed by atoms with van der Waals surface area (Å²) in [6, 6.07) is 10.7. The molecule has 1 aromatic carbocycles. The number of aromatic nitrogens is 2. The van der Waals surface area contributed by atoms with Crippen molar-refractivity contribution < 1.29 is 0 Å². The highest BCUT2D eigenvalue weighted by molar-refractivity contribution is 6.38. The molecule has 0 atom stereocenters. The van der Waals surface area contributed by atoms with Gasteiger partial charge in [0.25, 0.3) is 5.56 Å². The summed E-state index contributed by atoms with van der Waals surface area (Å²) in [7, 11) is 0. The van der Waals surface area contributed by atoms with Gasteiger partial charge in [0.1, 0.15) is 6.54 Å². The summed E-state index contributed by atoms with van der Waals surface area (Å²) in [5.74, 6) is 0. The first-order valence-electron chi connectivity index (χ1n) is 7.77. The SMILES string of the molecule is CC(C)n1c(=O)ccc2c1ccn2-c1c(Cl)cc(NCC#N)cc1Cl. The lowest BCUT2D eigenvalue weighted by molar-refractivity contribution is 0.600. The van der Waals surface area contributed by atoms with Crippen LogP contribution in [0, 0.1) is 11.3 Å². The highest BCUT2D eigenvalue weighted by Gasteiger charge is 2.15. The van der Waals surface area contributed by atoms with E-state index in [1.807, 2.05) is 36.7 Å². The standard InChI is InChI=1S/C18H16Cl2N4O/c1-11(2)24-16-5-8-23(15(16)3-4-17(24)25)18-13(19)9-12(10-14(18)20)22-7-6-21/h3-5,8-11,22H,7H2,1-2H3. The minimum atomic E-state index is -0.0477. The van der Waals surface area contributed by atoms with Crippen molar-refractivity contribution >= 4 is 39.9 Å². The Kier molecular flexibility index (Phi) is 4.76. The fraction of sp³-hybridized carbons (Fsp3) is 0.222. The summed E-state index contributed by atoms with van der Waals surface area (Å²) in [4.78, 5) is 12.2. The van der Waals surface area contributed by atoms with Crippen molar-refractivity contribution in [2.45, 2.75) is 19.9 Å². The molecule has 3 rings (SSSR count). The van der Waals surface area contributed by atoms with Gasteiger partial charge >= 0.3 is 0 Å². The van der Waals surface area contributed by atoms with Crippen LogP contribution < -0.4 is 10.9 Å². The lowest BCUT2D eigenvalue weighted by Gasteiger charge is -2.15. The molecule has 2 heterocycles. The second-order valence-corrected chi connectivity index (χ2v) is 6.71. The van der Waals surface area contributed by atoms with Crippen LogP contribution in [0.3, 0.4) is 0 Å². The summed E-state index contributed by atoms with van der Waals surface area (Å²) < 4.78 is 3.60. The number of hydrogen-bond donors (Lipinski definition) is 1. The lowest BCUT2D eigenvalue weighted by atomic mass is 10.2. The van der Waals surface area contributed by atoms with Crippen LogP contribution in [0.25, 0.3) is 16.7 Å². The fourth-order valence-corrected chi connectivity index (χ4v) is 3.59. The number of benzene rings is 1. The minimum absolute atomic E-state index is 0.0375. The lowest BCUT2D eigenvalue weighted by Crippen LogP contribution is -2.20. The van der Waals surface area contributed by atoms with Gasteiger partial charge in [-0.05, 0) is 38.1 Å². The first-order valence-corrected chi connectivity index (χ1v) is 8.52. The molecule has 3 aromatic rings. The Balaban J connectivity index is 2.20. The first-order chi connectivity index (χ1) is 11.9. The molecule has 0 aliphatic carbocycles. The molecule has 0 unspecified atom stereocenters. The van der Waals surface area contributed by atoms with E-state index in [0.29, 0.717) is 21.4 Å². The maximum Gasteiger partial charge on any atom is 0.251 e. The maximum atomic E-state index is 12.2. The zero-order valence-electron chi connectivity index (χ0n) is 13.8. The van der Waals surface area contributed by atoms with Crippen LogP contribution in [0.4, 0.5) is 5.69 Å². The topological polar surface area (TPSA) is 62.8 Å². The molecular formula is C18H16Cl2N4O. The Bertz CT molecular complexity index is 1020. The maximum absolute atomic E-state index is 12.2. The van der Waals surface area contributed by atoms with Crippen LogP contribution in [-0.2, 0) is 0 Å². The molecule has 0 radical (unpaired) electrons. The van der Waals surface area contributed by atoms with Crippen LogP contribution >= 0.6 is 23.2 Å². The molecule has 0 fully saturated rings. The predicted octanol–water partition coefficient (Wildman–Crippen LogP) is 4.62. The van der Waals surface area contributed by atoms with Crippen LogP contribution in [0.5, 0.6) is 0 Å². The van der Waals surface area contributed by atoms with Crippen LogP contribution in [0.1, 0.15) is 19.9 Å². The summed E-state index contributed by atoms with van der Waals surface area (Å²) >= 11 is 12.9. The van der Waals surface area contributed by atoms with Crippen molar-refractivity contribution in [1.29, 1.82) is 5.26 Å². The normalized spacial score (nSPS) is 11.0. The van der Waals surface area contributed by atoms with Gasteiger partial charge in [0, 0.05) is 24.0 Å². The second-order valence-electron chi connectivity index (χ2n) is 5.89. The number of pyridine rings is 1. The zero-order valence-corrected chi connectivity index (χ0v) is 15.3. The molecule has 7 heteroatoms. The Hall–Kier alpha value is -2.42. The number of rotatable bonds is 4. The summed E-state index contributed by atoms with van der Waals surface area (Å²) in [6.45, 7) is 4.10. The van der Waals surface area contributed by atoms with Gasteiger partial charge in [-0.15, -0.1) is 0 Å².